The van der Waals surface area contributed by atoms with Gasteiger partial charge in [-0.3, -0.25) is 14.5 Å². The average molecular weight is 629 g/mol. The van der Waals surface area contributed by atoms with Gasteiger partial charge in [0.25, 0.3) is 0 Å². The van der Waals surface area contributed by atoms with Crippen molar-refractivity contribution in [1.29, 1.82) is 5.26 Å². The van der Waals surface area contributed by atoms with E-state index in [0.717, 1.165) is 11.3 Å². The predicted octanol–water partition coefficient (Wildman–Crippen LogP) is 5.77. The molecule has 1 amide bonds. The summed E-state index contributed by atoms with van der Waals surface area (Å²) in [5, 5.41) is 22.2. The number of aromatic nitrogens is 2. The van der Waals surface area contributed by atoms with E-state index in [4.69, 9.17) is 15.2 Å². The summed E-state index contributed by atoms with van der Waals surface area (Å²) >= 11 is 2.47. The first-order valence-corrected chi connectivity index (χ1v) is 15.6. The number of methoxy groups -OCH3 is 2. The molecule has 0 saturated carbocycles. The minimum absolute atomic E-state index is 0.0193. The summed E-state index contributed by atoms with van der Waals surface area (Å²) in [4.78, 5) is 28.1. The third-order valence-electron chi connectivity index (χ3n) is 7.26. The van der Waals surface area contributed by atoms with E-state index in [1.807, 2.05) is 56.3 Å². The second-order valence-corrected chi connectivity index (χ2v) is 13.3. The molecule has 1 aliphatic carbocycles. The molecule has 3 N–H and O–H groups in total. The highest BCUT2D eigenvalue weighted by Gasteiger charge is 2.44. The van der Waals surface area contributed by atoms with Crippen molar-refractivity contribution in [3.8, 4) is 17.6 Å². The first kappa shape index (κ1) is 30.8. The zero-order valence-corrected chi connectivity index (χ0v) is 26.4. The molecular weight excluding hydrogens is 597 g/mol. The Morgan fingerprint density at radius 1 is 1.18 bits per heavy atom. The molecule has 1 aromatic heterocycles. The van der Waals surface area contributed by atoms with E-state index in [1.165, 1.54) is 37.3 Å². The van der Waals surface area contributed by atoms with Crippen molar-refractivity contribution in [2.75, 3.05) is 30.2 Å². The molecule has 1 unspecified atom stereocenters. The number of carbonyl (C=O) groups excluding carboxylic acids is 2. The zero-order valence-electron chi connectivity index (χ0n) is 24.8. The van der Waals surface area contributed by atoms with Crippen molar-refractivity contribution in [2.24, 2.45) is 17.1 Å². The fourth-order valence-electron chi connectivity index (χ4n) is 5.29. The van der Waals surface area contributed by atoms with Gasteiger partial charge in [0, 0.05) is 47.5 Å². The van der Waals surface area contributed by atoms with Gasteiger partial charge in [0.2, 0.25) is 11.0 Å². The molecular formula is C32H32N6O4S2. The quantitative estimate of drug-likeness (QED) is 0.280. The number of thioether (sulfide) groups is 1. The van der Waals surface area contributed by atoms with Crippen LogP contribution in [-0.2, 0) is 9.59 Å². The predicted molar refractivity (Wildman–Crippen MR) is 172 cm³/mol. The molecule has 226 valence electrons. The van der Waals surface area contributed by atoms with E-state index in [-0.39, 0.29) is 34.3 Å². The van der Waals surface area contributed by atoms with Crippen LogP contribution in [0, 0.1) is 22.7 Å². The van der Waals surface area contributed by atoms with Crippen LogP contribution in [0.15, 0.2) is 81.6 Å². The number of carbonyl (C=O) groups is 2. The number of ether oxygens (including phenoxy) is 2. The van der Waals surface area contributed by atoms with Gasteiger partial charge in [-0.2, -0.15) is 5.26 Å². The molecule has 1 aliphatic heterocycles. The third kappa shape index (κ3) is 6.64. The Morgan fingerprint density at radius 2 is 1.89 bits per heavy atom. The Kier molecular flexibility index (Phi) is 9.08. The Bertz CT molecular complexity index is 1700. The molecule has 3 aromatic rings. The number of Topliss-reactive ketones (excluding diaryl/α,β-unsaturated/α-hetero) is 1. The summed E-state index contributed by atoms with van der Waals surface area (Å²) in [7, 11) is 3.08. The number of hydrogen-bond donors (Lipinski definition) is 2. The minimum atomic E-state index is -0.573. The van der Waals surface area contributed by atoms with E-state index in [9.17, 15) is 14.9 Å². The highest BCUT2D eigenvalue weighted by Crippen LogP contribution is 2.48. The van der Waals surface area contributed by atoms with Crippen LogP contribution >= 0.6 is 23.1 Å². The summed E-state index contributed by atoms with van der Waals surface area (Å²) in [6.45, 7) is 4.08. The summed E-state index contributed by atoms with van der Waals surface area (Å²) in [5.74, 6) is 0.571. The first-order chi connectivity index (χ1) is 21.1. The Morgan fingerprint density at radius 3 is 2.55 bits per heavy atom. The molecule has 44 heavy (non-hydrogen) atoms. The Hall–Kier alpha value is -4.60. The fourth-order valence-corrected chi connectivity index (χ4v) is 6.97. The van der Waals surface area contributed by atoms with Gasteiger partial charge >= 0.3 is 0 Å². The summed E-state index contributed by atoms with van der Waals surface area (Å²) in [6, 6.07) is 17.1. The monoisotopic (exact) mass is 628 g/mol. The number of rotatable bonds is 9. The number of allylic oxidation sites excluding steroid dienone is 4. The number of amides is 1. The van der Waals surface area contributed by atoms with Crippen molar-refractivity contribution < 1.29 is 19.1 Å². The molecule has 2 aromatic carbocycles. The van der Waals surface area contributed by atoms with Crippen LogP contribution in [0.4, 0.5) is 10.8 Å². The zero-order chi connectivity index (χ0) is 31.4. The van der Waals surface area contributed by atoms with Crippen molar-refractivity contribution in [3.05, 3.63) is 82.8 Å². The van der Waals surface area contributed by atoms with Crippen molar-refractivity contribution in [2.45, 2.75) is 31.0 Å². The maximum Gasteiger partial charge on any atom is 0.234 e. The van der Waals surface area contributed by atoms with E-state index in [1.54, 1.807) is 23.1 Å². The van der Waals surface area contributed by atoms with E-state index in [0.29, 0.717) is 45.1 Å². The maximum atomic E-state index is 13.6. The molecule has 10 nitrogen and oxygen atoms in total. The molecule has 0 radical (unpaired) electrons. The SMILES string of the molecule is COc1cc(NC(=O)CSc2nnc(N3C(N)=C(C#N)C(/C=C/c4ccccc4)C4=C3CC(C)(C)CC4=O)s2)cc(OC)c1. The number of nitrogens with two attached hydrogens (primary N) is 1. The fraction of sp³-hybridized carbons (Fsp3) is 0.281. The van der Waals surface area contributed by atoms with Crippen molar-refractivity contribution in [1.82, 2.24) is 10.2 Å². The van der Waals surface area contributed by atoms with E-state index in [2.05, 4.69) is 21.6 Å². The molecule has 12 heteroatoms. The molecule has 2 aliphatic rings. The number of anilines is 2. The van der Waals surface area contributed by atoms with Crippen LogP contribution in [0.1, 0.15) is 32.3 Å². The van der Waals surface area contributed by atoms with Crippen molar-refractivity contribution in [3.63, 3.8) is 0 Å². The molecule has 1 atom stereocenters. The van der Waals surface area contributed by atoms with Crippen LogP contribution in [0.3, 0.4) is 0 Å². The topological polar surface area (TPSA) is 143 Å². The number of benzene rings is 2. The Labute approximate surface area is 264 Å². The van der Waals surface area contributed by atoms with E-state index >= 15 is 0 Å². The Balaban J connectivity index is 1.40. The first-order valence-electron chi connectivity index (χ1n) is 13.8. The van der Waals surface area contributed by atoms with Crippen LogP contribution < -0.4 is 25.4 Å². The number of ketones is 1. The van der Waals surface area contributed by atoms with Crippen molar-refractivity contribution >= 4 is 51.7 Å². The van der Waals surface area contributed by atoms with Gasteiger partial charge in [-0.25, -0.2) is 0 Å². The number of nitrogens with one attached hydrogen (secondary N) is 1. The van der Waals surface area contributed by atoms with E-state index < -0.39 is 5.92 Å². The summed E-state index contributed by atoms with van der Waals surface area (Å²) in [5.41, 5.74) is 9.43. The maximum absolute atomic E-state index is 13.6. The highest BCUT2D eigenvalue weighted by molar-refractivity contribution is 8.01. The molecule has 0 saturated heterocycles. The second-order valence-electron chi connectivity index (χ2n) is 11.1. The lowest BCUT2D eigenvalue weighted by atomic mass is 9.70. The molecule has 0 spiro atoms. The van der Waals surface area contributed by atoms with Crippen LogP contribution in [0.25, 0.3) is 6.08 Å². The molecule has 2 heterocycles. The van der Waals surface area contributed by atoms with Crippen LogP contribution in [0.2, 0.25) is 0 Å². The molecule has 5 rings (SSSR count). The van der Waals surface area contributed by atoms with Gasteiger partial charge < -0.3 is 20.5 Å². The van der Waals surface area contributed by atoms with Gasteiger partial charge in [0.1, 0.15) is 17.3 Å². The highest BCUT2D eigenvalue weighted by atomic mass is 32.2. The van der Waals surface area contributed by atoms with Gasteiger partial charge in [-0.05, 0) is 17.4 Å². The van der Waals surface area contributed by atoms with Gasteiger partial charge in [0.15, 0.2) is 10.1 Å². The lowest BCUT2D eigenvalue weighted by Gasteiger charge is -2.41. The lowest BCUT2D eigenvalue weighted by molar-refractivity contribution is -0.118. The van der Waals surface area contributed by atoms with Gasteiger partial charge in [0.05, 0.1) is 31.6 Å². The van der Waals surface area contributed by atoms with Gasteiger partial charge in [-0.15, -0.1) is 10.2 Å². The smallest absolute Gasteiger partial charge is 0.234 e. The third-order valence-corrected chi connectivity index (χ3v) is 9.30. The largest absolute Gasteiger partial charge is 0.497 e. The van der Waals surface area contributed by atoms with Crippen LogP contribution in [0.5, 0.6) is 11.5 Å². The normalized spacial score (nSPS) is 17.8. The standard InChI is InChI=1S/C32H32N6O4S2/c1-32(2)15-25-28(26(39)16-32)23(11-10-19-8-6-5-7-9-19)24(17-33)29(34)38(25)30-36-37-31(44-30)43-18-27(40)35-20-12-21(41-3)14-22(13-20)42-4/h5-14,23H,15-16,18,34H2,1-4H3,(H,35,40)/b11-10+. The average Bonchev–Trinajstić information content (AvgIpc) is 3.46. The molecule has 0 fully saturated rings. The lowest BCUT2D eigenvalue weighted by Crippen LogP contribution is -2.42. The number of nitrogens with zero attached hydrogens (tertiary/aromatic N) is 4. The second kappa shape index (κ2) is 13.0. The summed E-state index contributed by atoms with van der Waals surface area (Å²) < 4.78 is 11.1. The summed E-state index contributed by atoms with van der Waals surface area (Å²) in [6.07, 6.45) is 4.72. The van der Waals surface area contributed by atoms with Gasteiger partial charge in [-0.1, -0.05) is 79.4 Å². The minimum Gasteiger partial charge on any atom is -0.497 e. The number of hydrogen-bond acceptors (Lipinski definition) is 11. The number of nitriles is 1. The van der Waals surface area contributed by atoms with Crippen LogP contribution in [-0.4, -0.2) is 41.9 Å². The molecule has 0 bridgehead atoms.